The summed E-state index contributed by atoms with van der Waals surface area (Å²) in [6.45, 7) is 5.62. The number of hydrogen-bond acceptors (Lipinski definition) is 4. The van der Waals surface area contributed by atoms with Crippen LogP contribution in [0.1, 0.15) is 32.9 Å². The van der Waals surface area contributed by atoms with E-state index in [1.54, 1.807) is 12.4 Å². The zero-order valence-electron chi connectivity index (χ0n) is 10.2. The highest BCUT2D eigenvalue weighted by atomic mass is 15.5. The quantitative estimate of drug-likeness (QED) is 0.791. The van der Waals surface area contributed by atoms with Crippen LogP contribution in [0.5, 0.6) is 0 Å². The van der Waals surface area contributed by atoms with E-state index in [1.807, 2.05) is 10.7 Å². The number of hydrogen-bond donors (Lipinski definition) is 0. The molecule has 90 valence electrons. The summed E-state index contributed by atoms with van der Waals surface area (Å²) >= 11 is 0. The number of fused-ring (bicyclic) bond motifs is 1. The minimum Gasteiger partial charge on any atom is -0.279 e. The summed E-state index contributed by atoms with van der Waals surface area (Å²) in [5, 5.41) is 8.48. The zero-order valence-corrected chi connectivity index (χ0v) is 10.2. The predicted molar refractivity (Wildman–Crippen MR) is 65.4 cm³/mol. The van der Waals surface area contributed by atoms with Crippen molar-refractivity contribution in [3.05, 3.63) is 18.5 Å². The standard InChI is InChI=1S/C12H17N5/c1-9(2)16-7-3-4-12(16)17-11-5-6-13-8-10(11)14-15-17/h5-6,8-9,12H,3-4,7H2,1-2H3. The maximum absolute atomic E-state index is 4.29. The lowest BCUT2D eigenvalue weighted by Crippen LogP contribution is -2.33. The van der Waals surface area contributed by atoms with Crippen LogP contribution in [-0.2, 0) is 0 Å². The van der Waals surface area contributed by atoms with Crippen LogP contribution in [-0.4, -0.2) is 37.5 Å². The minimum absolute atomic E-state index is 0.349. The van der Waals surface area contributed by atoms with Crippen LogP contribution in [0.3, 0.4) is 0 Å². The first-order valence-electron chi connectivity index (χ1n) is 6.18. The molecule has 5 heteroatoms. The Balaban J connectivity index is 2.03. The first-order chi connectivity index (χ1) is 8.27. The molecule has 0 spiro atoms. The van der Waals surface area contributed by atoms with Crippen molar-refractivity contribution in [2.24, 2.45) is 0 Å². The summed E-state index contributed by atoms with van der Waals surface area (Å²) in [6.07, 6.45) is 6.31. The molecule has 2 aromatic heterocycles. The van der Waals surface area contributed by atoms with Crippen LogP contribution in [0.2, 0.25) is 0 Å². The van der Waals surface area contributed by atoms with Crippen LogP contribution in [0.15, 0.2) is 18.5 Å². The van der Waals surface area contributed by atoms with Crippen molar-refractivity contribution in [2.75, 3.05) is 6.54 Å². The maximum atomic E-state index is 4.29. The lowest BCUT2D eigenvalue weighted by molar-refractivity contribution is 0.142. The molecule has 1 fully saturated rings. The second-order valence-corrected chi connectivity index (χ2v) is 4.85. The first kappa shape index (κ1) is 10.7. The van der Waals surface area contributed by atoms with Crippen molar-refractivity contribution in [1.82, 2.24) is 24.9 Å². The molecule has 1 unspecified atom stereocenters. The average Bonchev–Trinajstić information content (AvgIpc) is 2.94. The van der Waals surface area contributed by atoms with E-state index >= 15 is 0 Å². The summed E-state index contributed by atoms with van der Waals surface area (Å²) in [7, 11) is 0. The van der Waals surface area contributed by atoms with Gasteiger partial charge in [-0.3, -0.25) is 9.88 Å². The van der Waals surface area contributed by atoms with Crippen LogP contribution in [0.4, 0.5) is 0 Å². The lowest BCUT2D eigenvalue weighted by atomic mass is 10.3. The smallest absolute Gasteiger partial charge is 0.131 e. The SMILES string of the molecule is CC(C)N1CCCC1n1nnc2cnccc21. The molecule has 1 aliphatic rings. The van der Waals surface area contributed by atoms with Crippen LogP contribution >= 0.6 is 0 Å². The molecule has 3 heterocycles. The van der Waals surface area contributed by atoms with Gasteiger partial charge in [-0.1, -0.05) is 5.21 Å². The van der Waals surface area contributed by atoms with Crippen molar-refractivity contribution in [3.8, 4) is 0 Å². The monoisotopic (exact) mass is 231 g/mol. The number of rotatable bonds is 2. The Morgan fingerprint density at radius 2 is 2.29 bits per heavy atom. The Hall–Kier alpha value is -1.49. The molecule has 0 saturated carbocycles. The van der Waals surface area contributed by atoms with Gasteiger partial charge in [-0.05, 0) is 32.8 Å². The van der Waals surface area contributed by atoms with Gasteiger partial charge in [0.05, 0.1) is 11.7 Å². The molecule has 1 saturated heterocycles. The highest BCUT2D eigenvalue weighted by Crippen LogP contribution is 2.30. The van der Waals surface area contributed by atoms with Gasteiger partial charge in [-0.15, -0.1) is 5.10 Å². The molecule has 0 N–H and O–H groups in total. The topological polar surface area (TPSA) is 46.8 Å². The van der Waals surface area contributed by atoms with Gasteiger partial charge in [0.1, 0.15) is 11.7 Å². The van der Waals surface area contributed by atoms with E-state index in [2.05, 4.69) is 34.0 Å². The Kier molecular flexibility index (Phi) is 2.55. The Morgan fingerprint density at radius 3 is 3.12 bits per heavy atom. The minimum atomic E-state index is 0.349. The maximum Gasteiger partial charge on any atom is 0.131 e. The molecule has 0 aliphatic carbocycles. The molecule has 1 aliphatic heterocycles. The molecule has 0 amide bonds. The molecule has 1 atom stereocenters. The molecule has 0 radical (unpaired) electrons. The molecule has 2 aromatic rings. The zero-order chi connectivity index (χ0) is 11.8. The van der Waals surface area contributed by atoms with Crippen LogP contribution in [0, 0.1) is 0 Å². The molecule has 3 rings (SSSR count). The van der Waals surface area contributed by atoms with Crippen molar-refractivity contribution in [2.45, 2.75) is 38.9 Å². The fraction of sp³-hybridized carbons (Fsp3) is 0.583. The second kappa shape index (κ2) is 4.07. The predicted octanol–water partition coefficient (Wildman–Crippen LogP) is 1.83. The first-order valence-corrected chi connectivity index (χ1v) is 6.18. The summed E-state index contributed by atoms with van der Waals surface area (Å²) in [6, 6.07) is 2.54. The van der Waals surface area contributed by atoms with Crippen molar-refractivity contribution < 1.29 is 0 Å². The van der Waals surface area contributed by atoms with Crippen LogP contribution in [0.25, 0.3) is 11.0 Å². The van der Waals surface area contributed by atoms with E-state index in [1.165, 1.54) is 6.42 Å². The van der Waals surface area contributed by atoms with Gasteiger partial charge in [0.25, 0.3) is 0 Å². The molecule has 5 nitrogen and oxygen atoms in total. The average molecular weight is 231 g/mol. The fourth-order valence-electron chi connectivity index (χ4n) is 2.65. The normalized spacial score (nSPS) is 21.7. The van der Waals surface area contributed by atoms with Gasteiger partial charge >= 0.3 is 0 Å². The molecular weight excluding hydrogens is 214 g/mol. The molecule has 0 aromatic carbocycles. The number of likely N-dealkylation sites (tertiary alicyclic amines) is 1. The third kappa shape index (κ3) is 1.70. The van der Waals surface area contributed by atoms with E-state index in [4.69, 9.17) is 0 Å². The van der Waals surface area contributed by atoms with Crippen LogP contribution < -0.4 is 0 Å². The third-order valence-electron chi connectivity index (χ3n) is 3.48. The number of aromatic nitrogens is 4. The largest absolute Gasteiger partial charge is 0.279 e. The van der Waals surface area contributed by atoms with Gasteiger partial charge < -0.3 is 0 Å². The summed E-state index contributed by atoms with van der Waals surface area (Å²) < 4.78 is 2.05. The van der Waals surface area contributed by atoms with Crippen molar-refractivity contribution in [3.63, 3.8) is 0 Å². The Morgan fingerprint density at radius 1 is 1.41 bits per heavy atom. The van der Waals surface area contributed by atoms with Gasteiger partial charge in [-0.2, -0.15) is 0 Å². The lowest BCUT2D eigenvalue weighted by Gasteiger charge is -2.28. The van der Waals surface area contributed by atoms with E-state index in [0.717, 1.165) is 24.0 Å². The Labute approximate surface area is 100 Å². The highest BCUT2D eigenvalue weighted by Gasteiger charge is 2.29. The Bertz CT molecular complexity index is 518. The van der Waals surface area contributed by atoms with Gasteiger partial charge in [0, 0.05) is 18.8 Å². The summed E-state index contributed by atoms with van der Waals surface area (Å²) in [5.41, 5.74) is 1.96. The van der Waals surface area contributed by atoms with Gasteiger partial charge in [0.15, 0.2) is 0 Å². The van der Waals surface area contributed by atoms with E-state index in [9.17, 15) is 0 Å². The summed E-state index contributed by atoms with van der Waals surface area (Å²) in [4.78, 5) is 6.56. The van der Waals surface area contributed by atoms with Crippen molar-refractivity contribution >= 4 is 11.0 Å². The molecular formula is C12H17N5. The molecule has 17 heavy (non-hydrogen) atoms. The summed E-state index contributed by atoms with van der Waals surface area (Å²) in [5.74, 6) is 0. The van der Waals surface area contributed by atoms with Crippen molar-refractivity contribution in [1.29, 1.82) is 0 Å². The third-order valence-corrected chi connectivity index (χ3v) is 3.48. The van der Waals surface area contributed by atoms with Gasteiger partial charge in [0.2, 0.25) is 0 Å². The number of pyridine rings is 1. The second-order valence-electron chi connectivity index (χ2n) is 4.85. The fourth-order valence-corrected chi connectivity index (χ4v) is 2.65. The van der Waals surface area contributed by atoms with Gasteiger partial charge in [-0.25, -0.2) is 4.68 Å². The van der Waals surface area contributed by atoms with E-state index in [-0.39, 0.29) is 0 Å². The van der Waals surface area contributed by atoms with E-state index in [0.29, 0.717) is 12.2 Å². The van der Waals surface area contributed by atoms with E-state index < -0.39 is 0 Å². The number of nitrogens with zero attached hydrogens (tertiary/aromatic N) is 5. The highest BCUT2D eigenvalue weighted by molar-refractivity contribution is 5.72. The molecule has 0 bridgehead atoms.